The quantitative estimate of drug-likeness (QED) is 0.302. The summed E-state index contributed by atoms with van der Waals surface area (Å²) in [5.41, 5.74) is 4.12. The number of hydrogen-bond acceptors (Lipinski definition) is 6. The van der Waals surface area contributed by atoms with Gasteiger partial charge in [-0.25, -0.2) is 19.2 Å². The number of halogens is 1. The molecule has 0 atom stereocenters. The lowest BCUT2D eigenvalue weighted by molar-refractivity contribution is 0.144. The summed E-state index contributed by atoms with van der Waals surface area (Å²) in [6.07, 6.45) is 3.46. The molecule has 0 bridgehead atoms. The van der Waals surface area contributed by atoms with Crippen LogP contribution in [0.25, 0.3) is 20.9 Å². The van der Waals surface area contributed by atoms with Gasteiger partial charge in [0.15, 0.2) is 5.75 Å². The normalized spacial score (nSPS) is 14.2. The van der Waals surface area contributed by atoms with E-state index in [2.05, 4.69) is 39.1 Å². The van der Waals surface area contributed by atoms with Gasteiger partial charge in [-0.05, 0) is 48.2 Å². The first-order valence-electron chi connectivity index (χ1n) is 11.1. The van der Waals surface area contributed by atoms with Crippen LogP contribution in [0.4, 0.5) is 9.18 Å². The van der Waals surface area contributed by atoms with Gasteiger partial charge in [0.1, 0.15) is 21.2 Å². The fourth-order valence-corrected chi connectivity index (χ4v) is 5.34. The number of ether oxygens (including phenoxy) is 1. The van der Waals surface area contributed by atoms with Crippen molar-refractivity contribution in [2.75, 3.05) is 0 Å². The predicted octanol–water partition coefficient (Wildman–Crippen LogP) is 5.88. The van der Waals surface area contributed by atoms with Crippen molar-refractivity contribution in [3.05, 3.63) is 95.7 Å². The molecule has 0 unspecified atom stereocenters. The van der Waals surface area contributed by atoms with Crippen LogP contribution in [0.2, 0.25) is 0 Å². The van der Waals surface area contributed by atoms with Gasteiger partial charge in [-0.15, -0.1) is 0 Å². The van der Waals surface area contributed by atoms with Crippen LogP contribution >= 0.6 is 11.3 Å². The van der Waals surface area contributed by atoms with Gasteiger partial charge in [0.2, 0.25) is 0 Å². The molecule has 1 fully saturated rings. The first-order chi connectivity index (χ1) is 17.0. The number of pyridine rings is 1. The van der Waals surface area contributed by atoms with Crippen LogP contribution < -0.4 is 4.74 Å². The summed E-state index contributed by atoms with van der Waals surface area (Å²) in [5.74, 6) is -0.282. The van der Waals surface area contributed by atoms with Crippen molar-refractivity contribution < 1.29 is 19.0 Å². The maximum atomic E-state index is 15.1. The summed E-state index contributed by atoms with van der Waals surface area (Å²) in [7, 11) is 0. The molecule has 0 saturated heterocycles. The number of fused-ring (bicyclic) bond motifs is 1. The van der Waals surface area contributed by atoms with Crippen LogP contribution in [0.15, 0.2) is 73.1 Å². The van der Waals surface area contributed by atoms with E-state index in [1.54, 1.807) is 12.1 Å². The number of rotatable bonds is 6. The summed E-state index contributed by atoms with van der Waals surface area (Å²) in [5, 5.41) is 13.3. The number of nitrogens with zero attached hydrogens (tertiary/aromatic N) is 4. The maximum Gasteiger partial charge on any atom is 0.511 e. The largest absolute Gasteiger partial charge is 0.511 e. The molecule has 0 amide bonds. The molecule has 1 N–H and O–H groups in total. The Bertz CT molecular complexity index is 1560. The van der Waals surface area contributed by atoms with Gasteiger partial charge in [-0.3, -0.25) is 4.68 Å². The summed E-state index contributed by atoms with van der Waals surface area (Å²) >= 11 is 1.38. The number of benzene rings is 2. The highest BCUT2D eigenvalue weighted by molar-refractivity contribution is 7.21. The second-order valence-corrected chi connectivity index (χ2v) is 9.52. The Morgan fingerprint density at radius 1 is 1.11 bits per heavy atom. The molecule has 174 valence electrons. The Hall–Kier alpha value is -4.11. The second-order valence-electron chi connectivity index (χ2n) is 8.54. The molecule has 1 aliphatic rings. The fourth-order valence-electron chi connectivity index (χ4n) is 4.38. The minimum atomic E-state index is -1.41. The number of carbonyl (C=O) groups is 1. The third kappa shape index (κ3) is 4.04. The van der Waals surface area contributed by atoms with Gasteiger partial charge in [-0.1, -0.05) is 47.7 Å². The summed E-state index contributed by atoms with van der Waals surface area (Å²) in [4.78, 5) is 21.0. The topological polar surface area (TPSA) is 90.1 Å². The Morgan fingerprint density at radius 3 is 2.69 bits per heavy atom. The van der Waals surface area contributed by atoms with Crippen molar-refractivity contribution in [1.29, 1.82) is 0 Å². The lowest BCUT2D eigenvalue weighted by Crippen LogP contribution is -2.10. The Labute approximate surface area is 203 Å². The Balaban J connectivity index is 1.26. The summed E-state index contributed by atoms with van der Waals surface area (Å²) in [6.45, 7) is 0.270. The number of aromatic nitrogens is 4. The average molecular weight is 487 g/mol. The first kappa shape index (κ1) is 21.4. The van der Waals surface area contributed by atoms with Gasteiger partial charge >= 0.3 is 6.16 Å². The smallest absolute Gasteiger partial charge is 0.449 e. The third-order valence-corrected chi connectivity index (χ3v) is 7.24. The van der Waals surface area contributed by atoms with E-state index < -0.39 is 6.16 Å². The molecule has 3 heterocycles. The van der Waals surface area contributed by atoms with Crippen molar-refractivity contribution in [2.45, 2.75) is 24.8 Å². The van der Waals surface area contributed by atoms with Crippen molar-refractivity contribution >= 4 is 27.8 Å². The van der Waals surface area contributed by atoms with E-state index in [4.69, 9.17) is 10.1 Å². The van der Waals surface area contributed by atoms with Crippen molar-refractivity contribution in [3.63, 3.8) is 0 Å². The van der Waals surface area contributed by atoms with Crippen LogP contribution in [0.3, 0.4) is 0 Å². The van der Waals surface area contributed by atoms with Crippen molar-refractivity contribution in [3.8, 4) is 16.3 Å². The molecular weight excluding hydrogens is 467 g/mol. The van der Waals surface area contributed by atoms with Gasteiger partial charge in [-0.2, -0.15) is 5.10 Å². The molecule has 0 radical (unpaired) electrons. The van der Waals surface area contributed by atoms with Crippen LogP contribution in [0.1, 0.15) is 29.7 Å². The van der Waals surface area contributed by atoms with Crippen LogP contribution in [0.5, 0.6) is 5.75 Å². The van der Waals surface area contributed by atoms with Crippen LogP contribution in [-0.4, -0.2) is 31.0 Å². The molecule has 2 aromatic carbocycles. The minimum absolute atomic E-state index is 0.0334. The highest BCUT2D eigenvalue weighted by Crippen LogP contribution is 2.53. The minimum Gasteiger partial charge on any atom is -0.449 e. The zero-order valence-electron chi connectivity index (χ0n) is 18.4. The Morgan fingerprint density at radius 2 is 1.94 bits per heavy atom. The predicted molar refractivity (Wildman–Crippen MR) is 129 cm³/mol. The number of thiazole rings is 1. The fraction of sp³-hybridized carbons (Fsp3) is 0.154. The van der Waals surface area contributed by atoms with Crippen LogP contribution in [-0.2, 0) is 12.0 Å². The standard InChI is InChI=1S/C26H19FN4O3S/c27-20-12-16(14-31-15-18(13-28-31)34-25(32)33)6-7-19(20)23-29-21-8-9-22(30-24(21)35-23)26(10-11-26)17-4-2-1-3-5-17/h1-9,12-13,15H,10-11,14H2,(H,32,33). The number of hydrogen-bond donors (Lipinski definition) is 1. The highest BCUT2D eigenvalue weighted by Gasteiger charge is 2.47. The molecular formula is C26H19FN4O3S. The molecule has 0 spiro atoms. The molecule has 1 aliphatic carbocycles. The van der Waals surface area contributed by atoms with Crippen LogP contribution in [0, 0.1) is 5.82 Å². The van der Waals surface area contributed by atoms with E-state index in [0.717, 1.165) is 28.9 Å². The van der Waals surface area contributed by atoms with Crippen molar-refractivity contribution in [2.24, 2.45) is 0 Å². The third-order valence-electron chi connectivity index (χ3n) is 6.25. The van der Waals surface area contributed by atoms with E-state index in [9.17, 15) is 4.79 Å². The molecule has 7 nitrogen and oxygen atoms in total. The van der Waals surface area contributed by atoms with Gasteiger partial charge in [0.05, 0.1) is 24.6 Å². The molecule has 3 aromatic heterocycles. The van der Waals surface area contributed by atoms with E-state index in [-0.39, 0.29) is 23.5 Å². The molecule has 1 saturated carbocycles. The van der Waals surface area contributed by atoms with Crippen molar-refractivity contribution in [1.82, 2.24) is 19.7 Å². The zero-order valence-corrected chi connectivity index (χ0v) is 19.2. The maximum absolute atomic E-state index is 15.1. The van der Waals surface area contributed by atoms with E-state index in [1.165, 1.54) is 40.0 Å². The first-order valence-corrected chi connectivity index (χ1v) is 11.9. The van der Waals surface area contributed by atoms with E-state index >= 15 is 4.39 Å². The molecule has 5 aromatic rings. The van der Waals surface area contributed by atoms with Gasteiger partial charge in [0.25, 0.3) is 0 Å². The lowest BCUT2D eigenvalue weighted by atomic mass is 9.92. The molecule has 9 heteroatoms. The van der Waals surface area contributed by atoms with E-state index in [1.807, 2.05) is 18.2 Å². The van der Waals surface area contributed by atoms with Gasteiger partial charge < -0.3 is 9.84 Å². The SMILES string of the molecule is O=C(O)Oc1cnn(Cc2ccc(-c3nc4ccc(C5(c6ccccc6)CC5)nc4s3)c(F)c2)c1. The second kappa shape index (κ2) is 8.28. The van der Waals surface area contributed by atoms with Gasteiger partial charge in [0, 0.05) is 11.0 Å². The summed E-state index contributed by atoms with van der Waals surface area (Å²) < 4.78 is 21.1. The average Bonchev–Trinajstić information content (AvgIpc) is 3.38. The zero-order chi connectivity index (χ0) is 24.0. The molecule has 6 rings (SSSR count). The summed E-state index contributed by atoms with van der Waals surface area (Å²) in [6, 6.07) is 19.4. The lowest BCUT2D eigenvalue weighted by Gasteiger charge is -2.14. The molecule has 0 aliphatic heterocycles. The monoisotopic (exact) mass is 486 g/mol. The van der Waals surface area contributed by atoms with E-state index in [0.29, 0.717) is 16.1 Å². The number of carboxylic acid groups (broad SMARTS) is 1. The highest BCUT2D eigenvalue weighted by atomic mass is 32.1. The molecule has 35 heavy (non-hydrogen) atoms. The Kier molecular flexibility index (Phi) is 5.07.